The van der Waals surface area contributed by atoms with Gasteiger partial charge in [0, 0.05) is 0 Å². The molecule has 0 aliphatic rings. The molecule has 0 aromatic carbocycles. The van der Waals surface area contributed by atoms with Gasteiger partial charge in [0.25, 0.3) is 0 Å². The normalized spacial score (nSPS) is 12.0. The van der Waals surface area contributed by atoms with Crippen LogP contribution in [0.25, 0.3) is 0 Å². The van der Waals surface area contributed by atoms with E-state index in [9.17, 15) is 13.2 Å². The minimum absolute atomic E-state index is 0.115. The van der Waals surface area contributed by atoms with Gasteiger partial charge in [-0.2, -0.15) is 13.2 Å². The third kappa shape index (κ3) is 3.53. The minimum atomic E-state index is -4.20. The Hall–Kier alpha value is -0.100. The summed E-state index contributed by atoms with van der Waals surface area (Å²) in [5.74, 6) is 0.124. The lowest BCUT2D eigenvalue weighted by atomic mass is 10.5. The van der Waals surface area contributed by atoms with Crippen molar-refractivity contribution in [2.75, 3.05) is 0 Å². The molecule has 0 fully saturated rings. The second kappa shape index (κ2) is 3.74. The van der Waals surface area contributed by atoms with Crippen LogP contribution < -0.4 is 0 Å². The molecule has 1 aromatic rings. The van der Waals surface area contributed by atoms with Crippen LogP contribution in [0.5, 0.6) is 0 Å². The zero-order valence-electron chi connectivity index (χ0n) is 5.69. The fourth-order valence-corrected chi connectivity index (χ4v) is 1.38. The Morgan fingerprint density at radius 3 is 2.50 bits per heavy atom. The van der Waals surface area contributed by atoms with Crippen LogP contribution in [0, 0.1) is 0 Å². The highest BCUT2D eigenvalue weighted by molar-refractivity contribution is 9.10. The summed E-state index contributed by atoms with van der Waals surface area (Å²) in [4.78, 5) is 0. The first kappa shape index (κ1) is 9.98. The van der Waals surface area contributed by atoms with Crippen molar-refractivity contribution < 1.29 is 17.6 Å². The predicted octanol–water partition coefficient (Wildman–Crippen LogP) is 3.80. The molecule has 0 atom stereocenters. The van der Waals surface area contributed by atoms with E-state index in [1.807, 2.05) is 0 Å². The Bertz CT molecular complexity index is 258. The molecule has 0 amide bonds. The van der Waals surface area contributed by atoms with Gasteiger partial charge in [0.15, 0.2) is 4.67 Å². The molecule has 1 aromatic heterocycles. The summed E-state index contributed by atoms with van der Waals surface area (Å²) >= 11 is 2.88. The molecular formula is C6H4BrF3OS. The fraction of sp³-hybridized carbons (Fsp3) is 0.333. The average Bonchev–Trinajstić information content (AvgIpc) is 2.30. The molecule has 0 bridgehead atoms. The predicted molar refractivity (Wildman–Crippen MR) is 43.8 cm³/mol. The molecule has 0 aliphatic carbocycles. The molecule has 12 heavy (non-hydrogen) atoms. The van der Waals surface area contributed by atoms with Gasteiger partial charge in [-0.3, -0.25) is 0 Å². The highest BCUT2D eigenvalue weighted by atomic mass is 79.9. The van der Waals surface area contributed by atoms with Crippen molar-refractivity contribution in [2.45, 2.75) is 11.3 Å². The number of alkyl halides is 3. The van der Waals surface area contributed by atoms with Crippen LogP contribution in [0.3, 0.4) is 0 Å². The van der Waals surface area contributed by atoms with Gasteiger partial charge in [-0.25, -0.2) is 0 Å². The number of rotatable bonds is 2. The van der Waals surface area contributed by atoms with Gasteiger partial charge in [-0.1, -0.05) is 0 Å². The van der Waals surface area contributed by atoms with Gasteiger partial charge >= 0.3 is 5.51 Å². The second-order valence-corrected chi connectivity index (χ2v) is 3.76. The van der Waals surface area contributed by atoms with Gasteiger partial charge in [-0.05, 0) is 39.8 Å². The summed E-state index contributed by atoms with van der Waals surface area (Å²) in [5, 5.41) is 0. The summed E-state index contributed by atoms with van der Waals surface area (Å²) < 4.78 is 40.3. The van der Waals surface area contributed by atoms with E-state index in [-0.39, 0.29) is 17.5 Å². The van der Waals surface area contributed by atoms with Gasteiger partial charge in [-0.15, -0.1) is 0 Å². The number of hydrogen-bond donors (Lipinski definition) is 0. The van der Waals surface area contributed by atoms with Crippen LogP contribution >= 0.6 is 27.7 Å². The van der Waals surface area contributed by atoms with Crippen molar-refractivity contribution >= 4 is 27.7 Å². The maximum atomic E-state index is 11.7. The summed E-state index contributed by atoms with van der Waals surface area (Å²) in [7, 11) is 0. The van der Waals surface area contributed by atoms with Crippen LogP contribution in [0.1, 0.15) is 5.76 Å². The van der Waals surface area contributed by atoms with E-state index in [1.54, 1.807) is 6.07 Å². The van der Waals surface area contributed by atoms with Crippen molar-refractivity contribution in [2.24, 2.45) is 0 Å². The maximum Gasteiger partial charge on any atom is 0.442 e. The summed E-state index contributed by atoms with van der Waals surface area (Å²) in [6.45, 7) is 0. The van der Waals surface area contributed by atoms with E-state index >= 15 is 0 Å². The maximum absolute atomic E-state index is 11.7. The topological polar surface area (TPSA) is 13.1 Å². The number of thioether (sulfide) groups is 1. The first-order valence-corrected chi connectivity index (χ1v) is 4.70. The van der Waals surface area contributed by atoms with E-state index in [0.717, 1.165) is 0 Å². The van der Waals surface area contributed by atoms with Crippen molar-refractivity contribution in [1.82, 2.24) is 0 Å². The Balaban J connectivity index is 2.44. The fourth-order valence-electron chi connectivity index (χ4n) is 0.582. The van der Waals surface area contributed by atoms with Crippen LogP contribution in [-0.4, -0.2) is 5.51 Å². The average molecular weight is 261 g/mol. The van der Waals surface area contributed by atoms with Crippen molar-refractivity contribution in [3.05, 3.63) is 22.6 Å². The number of halogens is 4. The Kier molecular flexibility index (Phi) is 3.11. The van der Waals surface area contributed by atoms with E-state index in [2.05, 4.69) is 15.9 Å². The standard InChI is InChI=1S/C6H4BrF3OS/c7-5-2-1-4(11-5)3-12-6(8,9)10/h1-2H,3H2. The van der Waals surface area contributed by atoms with Gasteiger partial charge in [0.1, 0.15) is 5.76 Å². The Morgan fingerprint density at radius 1 is 1.42 bits per heavy atom. The lowest BCUT2D eigenvalue weighted by Crippen LogP contribution is -1.99. The van der Waals surface area contributed by atoms with Crippen molar-refractivity contribution in [3.63, 3.8) is 0 Å². The zero-order valence-corrected chi connectivity index (χ0v) is 8.09. The summed E-state index contributed by atoms with van der Waals surface area (Å²) in [6, 6.07) is 3.06. The van der Waals surface area contributed by atoms with Crippen LogP contribution in [0.2, 0.25) is 0 Å². The van der Waals surface area contributed by atoms with Gasteiger partial charge in [0.2, 0.25) is 0 Å². The van der Waals surface area contributed by atoms with E-state index in [1.165, 1.54) is 6.07 Å². The lowest BCUT2D eigenvalue weighted by molar-refractivity contribution is -0.0330. The highest BCUT2D eigenvalue weighted by Crippen LogP contribution is 2.33. The lowest BCUT2D eigenvalue weighted by Gasteiger charge is -2.02. The van der Waals surface area contributed by atoms with Crippen LogP contribution in [0.15, 0.2) is 21.2 Å². The largest absolute Gasteiger partial charge is 0.453 e. The minimum Gasteiger partial charge on any atom is -0.453 e. The van der Waals surface area contributed by atoms with Gasteiger partial charge < -0.3 is 4.42 Å². The summed E-state index contributed by atoms with van der Waals surface area (Å²) in [6.07, 6.45) is 0. The first-order chi connectivity index (χ1) is 5.47. The van der Waals surface area contributed by atoms with Crippen LogP contribution in [-0.2, 0) is 5.75 Å². The van der Waals surface area contributed by atoms with E-state index in [0.29, 0.717) is 10.4 Å². The molecule has 0 saturated carbocycles. The quantitative estimate of drug-likeness (QED) is 0.803. The molecule has 0 spiro atoms. The Labute approximate surface area is 79.4 Å². The molecule has 1 rings (SSSR count). The molecule has 6 heteroatoms. The highest BCUT2D eigenvalue weighted by Gasteiger charge is 2.28. The smallest absolute Gasteiger partial charge is 0.442 e. The van der Waals surface area contributed by atoms with Crippen molar-refractivity contribution in [1.29, 1.82) is 0 Å². The van der Waals surface area contributed by atoms with E-state index < -0.39 is 5.51 Å². The van der Waals surface area contributed by atoms with Crippen molar-refractivity contribution in [3.8, 4) is 0 Å². The third-order valence-corrected chi connectivity index (χ3v) is 2.19. The molecule has 0 radical (unpaired) electrons. The zero-order chi connectivity index (χ0) is 9.19. The molecule has 0 unspecified atom stereocenters. The molecular weight excluding hydrogens is 257 g/mol. The summed E-state index contributed by atoms with van der Waals surface area (Å²) in [5.41, 5.74) is -4.20. The third-order valence-electron chi connectivity index (χ3n) is 1.01. The SMILES string of the molecule is FC(F)(F)SCc1ccc(Br)o1. The number of furan rings is 1. The molecule has 1 heterocycles. The molecule has 0 N–H and O–H groups in total. The second-order valence-electron chi connectivity index (χ2n) is 1.94. The number of hydrogen-bond acceptors (Lipinski definition) is 2. The first-order valence-electron chi connectivity index (χ1n) is 2.92. The van der Waals surface area contributed by atoms with E-state index in [4.69, 9.17) is 4.42 Å². The molecule has 68 valence electrons. The Morgan fingerprint density at radius 2 is 2.08 bits per heavy atom. The monoisotopic (exact) mass is 260 g/mol. The van der Waals surface area contributed by atoms with Gasteiger partial charge in [0.05, 0.1) is 5.75 Å². The van der Waals surface area contributed by atoms with Crippen LogP contribution in [0.4, 0.5) is 13.2 Å². The molecule has 0 saturated heterocycles. The molecule has 0 aliphatic heterocycles. The molecule has 1 nitrogen and oxygen atoms in total.